The topological polar surface area (TPSA) is 35.5 Å². The van der Waals surface area contributed by atoms with E-state index in [0.717, 1.165) is 47.1 Å². The maximum Gasteiger partial charge on any atom is 0.331 e. The van der Waals surface area contributed by atoms with Crippen LogP contribution in [-0.2, 0) is 14.3 Å². The zero-order chi connectivity index (χ0) is 14.7. The Hall–Kier alpha value is 0.190. The van der Waals surface area contributed by atoms with Crippen molar-refractivity contribution >= 4 is 40.2 Å². The van der Waals surface area contributed by atoms with E-state index in [1.807, 2.05) is 0 Å². The Kier molecular flexibility index (Phi) is 12.1. The van der Waals surface area contributed by atoms with Crippen molar-refractivity contribution in [2.75, 3.05) is 13.7 Å². The van der Waals surface area contributed by atoms with Gasteiger partial charge < -0.3 is 9.47 Å². The minimum Gasteiger partial charge on any atom is -0.467 e. The fourth-order valence-corrected chi connectivity index (χ4v) is 2.54. The minimum atomic E-state index is -0.352. The van der Waals surface area contributed by atoms with Gasteiger partial charge in [-0.25, -0.2) is 4.79 Å². The molecule has 0 heterocycles. The summed E-state index contributed by atoms with van der Waals surface area (Å²) in [7, 11) is 1.36. The van der Waals surface area contributed by atoms with Gasteiger partial charge in [0.05, 0.1) is 13.2 Å². The van der Waals surface area contributed by atoms with Crippen LogP contribution >= 0.6 is 34.2 Å². The zero-order valence-electron chi connectivity index (χ0n) is 12.0. The van der Waals surface area contributed by atoms with Crippen LogP contribution in [0.3, 0.4) is 0 Å². The molecule has 0 saturated heterocycles. The molecule has 112 valence electrons. The van der Waals surface area contributed by atoms with E-state index < -0.39 is 0 Å². The van der Waals surface area contributed by atoms with E-state index in [4.69, 9.17) is 16.3 Å². The van der Waals surface area contributed by atoms with Crippen molar-refractivity contribution in [1.82, 2.24) is 0 Å². The van der Waals surface area contributed by atoms with Gasteiger partial charge in [0.2, 0.25) is 0 Å². The number of unbranched alkanes of at least 4 members (excludes halogenated alkanes) is 2. The molecule has 0 amide bonds. The van der Waals surface area contributed by atoms with E-state index in [9.17, 15) is 4.79 Å². The third-order valence-corrected chi connectivity index (χ3v) is 4.80. The highest BCUT2D eigenvalue weighted by Gasteiger charge is 2.17. The predicted octanol–water partition coefficient (Wildman–Crippen LogP) is 4.81. The number of hydrogen-bond donors (Lipinski definition) is 0. The second kappa shape index (κ2) is 12.0. The number of methoxy groups -OCH3 is 1. The molecule has 0 aliphatic rings. The fraction of sp³-hybridized carbons (Fsp3) is 0.786. The summed E-state index contributed by atoms with van der Waals surface area (Å²) >= 11 is 8.55. The summed E-state index contributed by atoms with van der Waals surface area (Å²) in [4.78, 5) is 11.2. The summed E-state index contributed by atoms with van der Waals surface area (Å²) in [5.41, 5.74) is 0. The second-order valence-corrected chi connectivity index (χ2v) is 5.99. The van der Waals surface area contributed by atoms with Gasteiger partial charge in [-0.1, -0.05) is 44.7 Å². The normalized spacial score (nSPS) is 13.9. The molecule has 3 nitrogen and oxygen atoms in total. The summed E-state index contributed by atoms with van der Waals surface area (Å²) in [6.45, 7) is 4.25. The highest BCUT2D eigenvalue weighted by molar-refractivity contribution is 14.1. The Labute approximate surface area is 135 Å². The van der Waals surface area contributed by atoms with E-state index in [1.165, 1.54) is 7.11 Å². The van der Waals surface area contributed by atoms with E-state index >= 15 is 0 Å². The first-order chi connectivity index (χ1) is 9.06. The molecule has 0 aliphatic carbocycles. The van der Waals surface area contributed by atoms with Crippen LogP contribution in [0.1, 0.15) is 52.4 Å². The maximum atomic E-state index is 11.2. The van der Waals surface area contributed by atoms with Crippen LogP contribution in [0.25, 0.3) is 0 Å². The van der Waals surface area contributed by atoms with Crippen LogP contribution in [-0.4, -0.2) is 25.8 Å². The first-order valence-corrected chi connectivity index (χ1v) is 8.24. The van der Waals surface area contributed by atoms with Crippen molar-refractivity contribution in [2.45, 2.75) is 58.5 Å². The minimum absolute atomic E-state index is 0.0185. The van der Waals surface area contributed by atoms with E-state index in [0.29, 0.717) is 0 Å². The third-order valence-electron chi connectivity index (χ3n) is 2.74. The van der Waals surface area contributed by atoms with Crippen LogP contribution < -0.4 is 0 Å². The number of hydrogen-bond acceptors (Lipinski definition) is 3. The summed E-state index contributed by atoms with van der Waals surface area (Å²) in [6.07, 6.45) is 5.99. The molecular formula is C14H24ClIO3. The molecule has 0 fully saturated rings. The number of carbonyl (C=O) groups excluding carboxylic acids is 1. The van der Waals surface area contributed by atoms with Gasteiger partial charge in [-0.3, -0.25) is 0 Å². The highest BCUT2D eigenvalue weighted by Crippen LogP contribution is 2.29. The Morgan fingerprint density at radius 3 is 2.42 bits per heavy atom. The molecule has 0 radical (unpaired) electrons. The van der Waals surface area contributed by atoms with Gasteiger partial charge in [-0.2, -0.15) is 0 Å². The molecular weight excluding hydrogens is 379 g/mol. The highest BCUT2D eigenvalue weighted by atomic mass is 127. The Balaban J connectivity index is 4.56. The van der Waals surface area contributed by atoms with Gasteiger partial charge in [-0.15, -0.1) is 0 Å². The molecule has 0 aromatic carbocycles. The van der Waals surface area contributed by atoms with Gasteiger partial charge >= 0.3 is 5.97 Å². The van der Waals surface area contributed by atoms with Crippen LogP contribution in [0.2, 0.25) is 0 Å². The molecule has 0 aromatic rings. The molecule has 5 heteroatoms. The Bertz CT molecular complexity index is 292. The quantitative estimate of drug-likeness (QED) is 0.388. The zero-order valence-corrected chi connectivity index (χ0v) is 14.9. The van der Waals surface area contributed by atoms with Gasteiger partial charge in [-0.05, 0) is 41.9 Å². The number of esters is 1. The van der Waals surface area contributed by atoms with Crippen molar-refractivity contribution < 1.29 is 14.3 Å². The largest absolute Gasteiger partial charge is 0.467 e. The molecule has 1 atom stereocenters. The van der Waals surface area contributed by atoms with Crippen molar-refractivity contribution in [3.8, 4) is 0 Å². The Morgan fingerprint density at radius 1 is 1.26 bits per heavy atom. The van der Waals surface area contributed by atoms with E-state index in [1.54, 1.807) is 0 Å². The number of carbonyl (C=O) groups is 1. The summed E-state index contributed by atoms with van der Waals surface area (Å²) < 4.78 is 11.2. The lowest BCUT2D eigenvalue weighted by molar-refractivity contribution is -0.147. The average molecular weight is 403 g/mol. The van der Waals surface area contributed by atoms with Gasteiger partial charge in [0, 0.05) is 8.61 Å². The second-order valence-electron chi connectivity index (χ2n) is 4.37. The Morgan fingerprint density at radius 2 is 1.89 bits per heavy atom. The van der Waals surface area contributed by atoms with Crippen molar-refractivity contribution in [1.29, 1.82) is 0 Å². The number of ether oxygens (including phenoxy) is 2. The van der Waals surface area contributed by atoms with Crippen molar-refractivity contribution in [3.05, 3.63) is 8.61 Å². The molecule has 0 N–H and O–H groups in total. The monoisotopic (exact) mass is 402 g/mol. The van der Waals surface area contributed by atoms with E-state index in [-0.39, 0.29) is 18.7 Å². The van der Waals surface area contributed by atoms with Crippen LogP contribution in [0.5, 0.6) is 0 Å². The number of rotatable bonds is 10. The standard InChI is InChI=1S/C14H24ClIO3/c1-4-6-8-11(15)14(16)12(9-7-5-2)19-10-13(17)18-3/h12H,4-10H2,1-3H3/b14-11+. The molecule has 0 rings (SSSR count). The molecule has 0 saturated carbocycles. The molecule has 19 heavy (non-hydrogen) atoms. The van der Waals surface area contributed by atoms with Crippen LogP contribution in [0.15, 0.2) is 8.61 Å². The van der Waals surface area contributed by atoms with Crippen molar-refractivity contribution in [2.24, 2.45) is 0 Å². The lowest BCUT2D eigenvalue weighted by atomic mass is 10.1. The van der Waals surface area contributed by atoms with Crippen LogP contribution in [0, 0.1) is 0 Å². The summed E-state index contributed by atoms with van der Waals surface area (Å²) in [5.74, 6) is -0.352. The van der Waals surface area contributed by atoms with Gasteiger partial charge in [0.1, 0.15) is 6.61 Å². The SMILES string of the molecule is CCCC/C(Cl)=C(\I)C(CCCC)OCC(=O)OC. The first-order valence-electron chi connectivity index (χ1n) is 6.79. The predicted molar refractivity (Wildman–Crippen MR) is 87.7 cm³/mol. The van der Waals surface area contributed by atoms with Crippen LogP contribution in [0.4, 0.5) is 0 Å². The van der Waals surface area contributed by atoms with Crippen molar-refractivity contribution in [3.63, 3.8) is 0 Å². The molecule has 0 spiro atoms. The third kappa shape index (κ3) is 8.87. The molecule has 0 aromatic heterocycles. The average Bonchev–Trinajstić information content (AvgIpc) is 2.43. The molecule has 0 aliphatic heterocycles. The molecule has 1 unspecified atom stereocenters. The molecule has 0 bridgehead atoms. The summed E-state index contributed by atoms with van der Waals surface area (Å²) in [6, 6.07) is 0. The maximum absolute atomic E-state index is 11.2. The smallest absolute Gasteiger partial charge is 0.331 e. The van der Waals surface area contributed by atoms with E-state index in [2.05, 4.69) is 41.2 Å². The number of halogens is 2. The fourth-order valence-electron chi connectivity index (χ4n) is 1.53. The lowest BCUT2D eigenvalue weighted by Gasteiger charge is -2.18. The van der Waals surface area contributed by atoms with Gasteiger partial charge in [0.25, 0.3) is 0 Å². The lowest BCUT2D eigenvalue weighted by Crippen LogP contribution is -2.20. The summed E-state index contributed by atoms with van der Waals surface area (Å²) in [5, 5.41) is 0.855. The first kappa shape index (κ1) is 19.2. The number of allylic oxidation sites excluding steroid dienone is 1. The van der Waals surface area contributed by atoms with Gasteiger partial charge in [0.15, 0.2) is 0 Å².